The fourth-order valence-electron chi connectivity index (χ4n) is 1.24. The van der Waals surface area contributed by atoms with Crippen molar-refractivity contribution in [2.45, 2.75) is 18.5 Å². The Labute approximate surface area is 107 Å². The van der Waals surface area contributed by atoms with Crippen LogP contribution in [0.2, 0.25) is 0 Å². The van der Waals surface area contributed by atoms with Crippen molar-refractivity contribution in [2.24, 2.45) is 0 Å². The Bertz CT molecular complexity index is 447. The molecule has 96 valence electrons. The molecule has 0 bridgehead atoms. The number of thioether (sulfide) groups is 1. The van der Waals surface area contributed by atoms with Crippen molar-refractivity contribution in [3.63, 3.8) is 0 Å². The van der Waals surface area contributed by atoms with Gasteiger partial charge in [-0.15, -0.1) is 11.8 Å². The Morgan fingerprint density at radius 2 is 2.24 bits per heavy atom. The second-order valence-corrected chi connectivity index (χ2v) is 7.07. The van der Waals surface area contributed by atoms with Crippen LogP contribution in [0.4, 0.5) is 0 Å². The van der Waals surface area contributed by atoms with Gasteiger partial charge in [0.1, 0.15) is 14.9 Å². The molecular weight excluding hydrogens is 256 g/mol. The van der Waals surface area contributed by atoms with Gasteiger partial charge in [0.05, 0.1) is 5.75 Å². The van der Waals surface area contributed by atoms with E-state index in [1.165, 1.54) is 18.0 Å². The van der Waals surface area contributed by atoms with Gasteiger partial charge in [0.2, 0.25) is 0 Å². The first-order chi connectivity index (χ1) is 8.03. The molecule has 0 atom stereocenters. The van der Waals surface area contributed by atoms with Gasteiger partial charge in [-0.2, -0.15) is 0 Å². The Balaban J connectivity index is 2.57. The molecule has 0 radical (unpaired) electrons. The summed E-state index contributed by atoms with van der Waals surface area (Å²) in [5.41, 5.74) is 1.12. The Kier molecular flexibility index (Phi) is 5.94. The molecule has 0 aliphatic heterocycles. The van der Waals surface area contributed by atoms with Crippen LogP contribution < -0.4 is 5.32 Å². The lowest BCUT2D eigenvalue weighted by Crippen LogP contribution is -2.13. The lowest BCUT2D eigenvalue weighted by atomic mass is 10.3. The fourth-order valence-corrected chi connectivity index (χ4v) is 3.44. The van der Waals surface area contributed by atoms with E-state index in [0.29, 0.717) is 5.75 Å². The maximum atomic E-state index is 11.0. The largest absolute Gasteiger partial charge is 0.313 e. The highest BCUT2D eigenvalue weighted by atomic mass is 32.2. The molecule has 1 heterocycles. The summed E-state index contributed by atoms with van der Waals surface area (Å²) in [7, 11) is -2.89. The van der Waals surface area contributed by atoms with Gasteiger partial charge in [-0.25, -0.2) is 13.4 Å². The number of rotatable bonds is 7. The molecule has 0 aliphatic rings. The third-order valence-corrected chi connectivity index (χ3v) is 4.36. The molecule has 0 spiro atoms. The Morgan fingerprint density at radius 1 is 1.47 bits per heavy atom. The normalized spacial score (nSPS) is 11.6. The summed E-state index contributed by atoms with van der Waals surface area (Å²) in [5.74, 6) is 0.740. The summed E-state index contributed by atoms with van der Waals surface area (Å²) in [6.45, 7) is 3.72. The first-order valence-corrected chi connectivity index (χ1v) is 8.52. The fraction of sp³-hybridized carbons (Fsp3) is 0.545. The van der Waals surface area contributed by atoms with Crippen LogP contribution in [0.5, 0.6) is 0 Å². The molecule has 0 saturated carbocycles. The third kappa shape index (κ3) is 6.05. The zero-order chi connectivity index (χ0) is 12.7. The monoisotopic (exact) mass is 274 g/mol. The van der Waals surface area contributed by atoms with Crippen molar-refractivity contribution in [3.8, 4) is 0 Å². The van der Waals surface area contributed by atoms with E-state index < -0.39 is 9.84 Å². The number of pyridine rings is 1. The van der Waals surface area contributed by atoms with Gasteiger partial charge in [0, 0.05) is 24.8 Å². The number of aromatic nitrogens is 1. The van der Waals surface area contributed by atoms with E-state index in [0.717, 1.165) is 23.7 Å². The van der Waals surface area contributed by atoms with Crippen LogP contribution in [0.15, 0.2) is 23.4 Å². The van der Waals surface area contributed by atoms with Crippen LogP contribution in [0, 0.1) is 0 Å². The Morgan fingerprint density at radius 3 is 2.88 bits per heavy atom. The molecule has 0 aromatic carbocycles. The molecule has 0 aliphatic carbocycles. The number of sulfone groups is 1. The van der Waals surface area contributed by atoms with Gasteiger partial charge in [-0.1, -0.05) is 13.0 Å². The summed E-state index contributed by atoms with van der Waals surface area (Å²) < 4.78 is 22.1. The average Bonchev–Trinajstić information content (AvgIpc) is 2.26. The van der Waals surface area contributed by atoms with Crippen LogP contribution in [0.1, 0.15) is 12.5 Å². The summed E-state index contributed by atoms with van der Waals surface area (Å²) >= 11 is 1.49. The molecule has 17 heavy (non-hydrogen) atoms. The highest BCUT2D eigenvalue weighted by Crippen LogP contribution is 2.19. The van der Waals surface area contributed by atoms with Crippen LogP contribution in [-0.4, -0.2) is 37.7 Å². The van der Waals surface area contributed by atoms with E-state index in [4.69, 9.17) is 0 Å². The van der Waals surface area contributed by atoms with E-state index in [9.17, 15) is 8.42 Å². The van der Waals surface area contributed by atoms with Gasteiger partial charge in [-0.3, -0.25) is 0 Å². The smallest absolute Gasteiger partial charge is 0.148 e. The summed E-state index contributed by atoms with van der Waals surface area (Å²) in [5, 5.41) is 4.15. The minimum absolute atomic E-state index is 0.189. The maximum Gasteiger partial charge on any atom is 0.148 e. The molecule has 0 unspecified atom stereocenters. The van der Waals surface area contributed by atoms with Crippen LogP contribution in [0.25, 0.3) is 0 Å². The molecule has 6 heteroatoms. The van der Waals surface area contributed by atoms with Crippen molar-refractivity contribution in [1.82, 2.24) is 10.3 Å². The van der Waals surface area contributed by atoms with Crippen molar-refractivity contribution < 1.29 is 8.42 Å². The van der Waals surface area contributed by atoms with Crippen molar-refractivity contribution >= 4 is 21.6 Å². The summed E-state index contributed by atoms with van der Waals surface area (Å²) in [6.07, 6.45) is 2.99. The minimum atomic E-state index is -2.89. The van der Waals surface area contributed by atoms with Gasteiger partial charge in [0.15, 0.2) is 0 Å². The zero-order valence-corrected chi connectivity index (χ0v) is 11.8. The maximum absolute atomic E-state index is 11.0. The second kappa shape index (κ2) is 6.98. The molecule has 1 aromatic heterocycles. The van der Waals surface area contributed by atoms with E-state index in [1.807, 2.05) is 19.1 Å². The second-order valence-electron chi connectivity index (χ2n) is 3.73. The molecule has 1 rings (SSSR count). The summed E-state index contributed by atoms with van der Waals surface area (Å²) in [6, 6.07) is 3.91. The number of hydrogen-bond donors (Lipinski definition) is 1. The molecule has 1 aromatic rings. The van der Waals surface area contributed by atoms with Crippen molar-refractivity contribution in [3.05, 3.63) is 23.9 Å². The number of nitrogens with one attached hydrogen (secondary N) is 1. The van der Waals surface area contributed by atoms with Crippen molar-refractivity contribution in [1.29, 1.82) is 0 Å². The first kappa shape index (κ1) is 14.5. The van der Waals surface area contributed by atoms with Crippen molar-refractivity contribution in [2.75, 3.05) is 24.3 Å². The molecular formula is C11H18N2O2S2. The van der Waals surface area contributed by atoms with Gasteiger partial charge >= 0.3 is 0 Å². The predicted octanol–water partition coefficient (Wildman–Crippen LogP) is 1.33. The van der Waals surface area contributed by atoms with Gasteiger partial charge in [0.25, 0.3) is 0 Å². The van der Waals surface area contributed by atoms with Crippen LogP contribution >= 0.6 is 11.8 Å². The standard InChI is InChI=1S/C11H18N2O2S2/c1-3-12-9-10-5-4-6-13-11(10)16-7-8-17(2,14)15/h4-6,12H,3,7-9H2,1-2H3. The number of nitrogens with zero attached hydrogens (tertiary/aromatic N) is 1. The third-order valence-electron chi connectivity index (χ3n) is 2.11. The van der Waals surface area contributed by atoms with E-state index in [-0.39, 0.29) is 5.75 Å². The molecule has 1 N–H and O–H groups in total. The van der Waals surface area contributed by atoms with Gasteiger partial charge in [-0.05, 0) is 18.2 Å². The predicted molar refractivity (Wildman–Crippen MR) is 72.1 cm³/mol. The van der Waals surface area contributed by atoms with Crippen LogP contribution in [-0.2, 0) is 16.4 Å². The highest BCUT2D eigenvalue weighted by Gasteiger charge is 2.06. The number of hydrogen-bond acceptors (Lipinski definition) is 5. The molecule has 0 fully saturated rings. The molecule has 0 amide bonds. The minimum Gasteiger partial charge on any atom is -0.313 e. The Hall–Kier alpha value is -0.590. The summed E-state index contributed by atoms with van der Waals surface area (Å²) in [4.78, 5) is 4.28. The lowest BCUT2D eigenvalue weighted by molar-refractivity contribution is 0.603. The van der Waals surface area contributed by atoms with E-state index in [1.54, 1.807) is 6.20 Å². The molecule has 0 saturated heterocycles. The van der Waals surface area contributed by atoms with Crippen LogP contribution in [0.3, 0.4) is 0 Å². The average molecular weight is 274 g/mol. The van der Waals surface area contributed by atoms with E-state index >= 15 is 0 Å². The quantitative estimate of drug-likeness (QED) is 0.760. The highest BCUT2D eigenvalue weighted by molar-refractivity contribution is 8.00. The van der Waals surface area contributed by atoms with Gasteiger partial charge < -0.3 is 5.32 Å². The topological polar surface area (TPSA) is 59.1 Å². The van der Waals surface area contributed by atoms with E-state index in [2.05, 4.69) is 10.3 Å². The zero-order valence-electron chi connectivity index (χ0n) is 10.1. The first-order valence-electron chi connectivity index (χ1n) is 5.48. The SMILES string of the molecule is CCNCc1cccnc1SCCS(C)(=O)=O. The lowest BCUT2D eigenvalue weighted by Gasteiger charge is -2.07. The molecule has 4 nitrogen and oxygen atoms in total.